The maximum Gasteiger partial charge on any atom is 0.180 e. The third-order valence-electron chi connectivity index (χ3n) is 3.39. The molecule has 24 heavy (non-hydrogen) atoms. The predicted octanol–water partition coefficient (Wildman–Crippen LogP) is 2.45. The van der Waals surface area contributed by atoms with Gasteiger partial charge in [0.1, 0.15) is 5.69 Å². The van der Waals surface area contributed by atoms with Gasteiger partial charge in [-0.15, -0.1) is 5.10 Å². The minimum Gasteiger partial charge on any atom is -0.261 e. The first-order valence-electron chi connectivity index (χ1n) is 7.24. The number of hydrogen-bond acceptors (Lipinski definition) is 7. The topological polar surface area (TPSA) is 90.2 Å². The lowest BCUT2D eigenvalue weighted by Gasteiger charge is -2.11. The monoisotopic (exact) mass is 313 g/mol. The Morgan fingerprint density at radius 1 is 0.667 bits per heavy atom. The molecule has 0 fully saturated rings. The maximum absolute atomic E-state index is 4.41. The van der Waals surface area contributed by atoms with Crippen LogP contribution in [0.5, 0.6) is 0 Å². The normalized spacial score (nSPS) is 10.5. The summed E-state index contributed by atoms with van der Waals surface area (Å²) in [5.41, 5.74) is 3.52. The van der Waals surface area contributed by atoms with Crippen LogP contribution in [0.25, 0.3) is 34.0 Å². The van der Waals surface area contributed by atoms with E-state index in [9.17, 15) is 0 Å². The van der Waals surface area contributed by atoms with Crippen molar-refractivity contribution < 1.29 is 0 Å². The molecule has 4 aromatic heterocycles. The van der Waals surface area contributed by atoms with E-state index in [1.54, 1.807) is 49.4 Å². The largest absolute Gasteiger partial charge is 0.261 e. The average Bonchev–Trinajstić information content (AvgIpc) is 2.69. The molecule has 0 bridgehead atoms. The lowest BCUT2D eigenvalue weighted by Crippen LogP contribution is -2.00. The second-order valence-electron chi connectivity index (χ2n) is 4.86. The van der Waals surface area contributed by atoms with Gasteiger partial charge in [0, 0.05) is 42.1 Å². The standard InChI is InChI=1S/C17H11N7/c1-2-5-19-13(4-1)12-10-23-24-16(17-21-6-3-7-22-17)15(12)14-11-18-8-9-20-14/h1-11H. The zero-order valence-corrected chi connectivity index (χ0v) is 12.5. The minimum atomic E-state index is 0.475. The van der Waals surface area contributed by atoms with E-state index in [1.807, 2.05) is 18.2 Å². The van der Waals surface area contributed by atoms with Crippen LogP contribution in [0.15, 0.2) is 67.6 Å². The minimum absolute atomic E-state index is 0.475. The van der Waals surface area contributed by atoms with Crippen molar-refractivity contribution in [3.8, 4) is 34.0 Å². The van der Waals surface area contributed by atoms with Gasteiger partial charge in [0.25, 0.3) is 0 Å². The van der Waals surface area contributed by atoms with Crippen LogP contribution in [0.3, 0.4) is 0 Å². The van der Waals surface area contributed by atoms with Gasteiger partial charge in [-0.1, -0.05) is 6.07 Å². The molecule has 0 aromatic carbocycles. The smallest absolute Gasteiger partial charge is 0.180 e. The van der Waals surface area contributed by atoms with E-state index in [2.05, 4.69) is 35.1 Å². The second kappa shape index (κ2) is 6.25. The van der Waals surface area contributed by atoms with E-state index in [4.69, 9.17) is 0 Å². The maximum atomic E-state index is 4.41. The fraction of sp³-hybridized carbons (Fsp3) is 0. The van der Waals surface area contributed by atoms with Crippen molar-refractivity contribution in [3.63, 3.8) is 0 Å². The first-order valence-corrected chi connectivity index (χ1v) is 7.24. The third-order valence-corrected chi connectivity index (χ3v) is 3.39. The van der Waals surface area contributed by atoms with Gasteiger partial charge < -0.3 is 0 Å². The van der Waals surface area contributed by atoms with Crippen molar-refractivity contribution in [3.05, 3.63) is 67.6 Å². The molecule has 4 heterocycles. The number of pyridine rings is 1. The first kappa shape index (κ1) is 14.0. The number of nitrogens with zero attached hydrogens (tertiary/aromatic N) is 7. The van der Waals surface area contributed by atoms with Crippen LogP contribution in [0, 0.1) is 0 Å². The Morgan fingerprint density at radius 2 is 1.50 bits per heavy atom. The molecular weight excluding hydrogens is 302 g/mol. The van der Waals surface area contributed by atoms with Gasteiger partial charge >= 0.3 is 0 Å². The van der Waals surface area contributed by atoms with Crippen molar-refractivity contribution >= 4 is 0 Å². The summed E-state index contributed by atoms with van der Waals surface area (Å²) >= 11 is 0. The van der Waals surface area contributed by atoms with Gasteiger partial charge in [0.05, 0.1) is 23.8 Å². The highest BCUT2D eigenvalue weighted by molar-refractivity contribution is 5.87. The van der Waals surface area contributed by atoms with Gasteiger partial charge in [-0.25, -0.2) is 9.97 Å². The van der Waals surface area contributed by atoms with E-state index in [0.29, 0.717) is 17.2 Å². The van der Waals surface area contributed by atoms with Gasteiger partial charge in [-0.2, -0.15) is 5.10 Å². The highest BCUT2D eigenvalue weighted by Gasteiger charge is 2.19. The van der Waals surface area contributed by atoms with E-state index in [-0.39, 0.29) is 0 Å². The molecule has 0 saturated carbocycles. The number of hydrogen-bond donors (Lipinski definition) is 0. The highest BCUT2D eigenvalue weighted by atomic mass is 15.1. The van der Waals surface area contributed by atoms with Crippen LogP contribution in [0.2, 0.25) is 0 Å². The van der Waals surface area contributed by atoms with Crippen LogP contribution in [-0.4, -0.2) is 35.1 Å². The van der Waals surface area contributed by atoms with Gasteiger partial charge in [0.2, 0.25) is 0 Å². The molecule has 7 nitrogen and oxygen atoms in total. The fourth-order valence-corrected chi connectivity index (χ4v) is 2.37. The molecule has 0 amide bonds. The number of rotatable bonds is 3. The summed E-state index contributed by atoms with van der Waals surface area (Å²) in [7, 11) is 0. The summed E-state index contributed by atoms with van der Waals surface area (Å²) in [6.45, 7) is 0. The molecule has 0 atom stereocenters. The molecular formula is C17H11N7. The van der Waals surface area contributed by atoms with E-state index in [0.717, 1.165) is 16.8 Å². The Balaban J connectivity index is 2.02. The van der Waals surface area contributed by atoms with E-state index in [1.165, 1.54) is 0 Å². The predicted molar refractivity (Wildman–Crippen MR) is 87.3 cm³/mol. The Bertz CT molecular complexity index is 886. The molecule has 0 N–H and O–H groups in total. The van der Waals surface area contributed by atoms with Crippen LogP contribution in [-0.2, 0) is 0 Å². The van der Waals surface area contributed by atoms with Crippen molar-refractivity contribution in [1.82, 2.24) is 35.1 Å². The molecule has 0 spiro atoms. The zero-order valence-electron chi connectivity index (χ0n) is 12.5. The second-order valence-corrected chi connectivity index (χ2v) is 4.86. The summed E-state index contributed by atoms with van der Waals surface area (Å²) in [6.07, 6.45) is 11.7. The molecule has 4 rings (SSSR count). The van der Waals surface area contributed by atoms with E-state index >= 15 is 0 Å². The summed E-state index contributed by atoms with van der Waals surface area (Å²) in [5, 5.41) is 8.35. The van der Waals surface area contributed by atoms with Crippen molar-refractivity contribution in [2.75, 3.05) is 0 Å². The lowest BCUT2D eigenvalue weighted by atomic mass is 10.0. The molecule has 0 unspecified atom stereocenters. The zero-order chi connectivity index (χ0) is 16.2. The Hall–Kier alpha value is -3.61. The molecule has 0 aliphatic carbocycles. The molecule has 0 radical (unpaired) electrons. The van der Waals surface area contributed by atoms with Crippen LogP contribution in [0.4, 0.5) is 0 Å². The summed E-state index contributed by atoms with van der Waals surface area (Å²) in [4.78, 5) is 21.6. The molecule has 4 aromatic rings. The number of aromatic nitrogens is 7. The summed E-state index contributed by atoms with van der Waals surface area (Å²) in [6, 6.07) is 7.44. The SMILES string of the molecule is c1ccc(-c2cnnc(-c3ncccn3)c2-c2cnccn2)nc1. The highest BCUT2D eigenvalue weighted by Crippen LogP contribution is 2.34. The summed E-state index contributed by atoms with van der Waals surface area (Å²) in [5.74, 6) is 0.475. The Labute approximate surface area is 137 Å². The quantitative estimate of drug-likeness (QED) is 0.573. The van der Waals surface area contributed by atoms with Crippen LogP contribution < -0.4 is 0 Å². The van der Waals surface area contributed by atoms with Crippen LogP contribution >= 0.6 is 0 Å². The molecule has 114 valence electrons. The molecule has 0 aliphatic rings. The van der Waals surface area contributed by atoms with Crippen molar-refractivity contribution in [1.29, 1.82) is 0 Å². The van der Waals surface area contributed by atoms with Crippen LogP contribution in [0.1, 0.15) is 0 Å². The average molecular weight is 313 g/mol. The fourth-order valence-electron chi connectivity index (χ4n) is 2.37. The van der Waals surface area contributed by atoms with Crippen molar-refractivity contribution in [2.45, 2.75) is 0 Å². The first-order chi connectivity index (χ1) is 11.9. The van der Waals surface area contributed by atoms with Crippen molar-refractivity contribution in [2.24, 2.45) is 0 Å². The molecule has 7 heteroatoms. The van der Waals surface area contributed by atoms with Gasteiger partial charge in [-0.3, -0.25) is 15.0 Å². The Morgan fingerprint density at radius 3 is 2.25 bits per heavy atom. The lowest BCUT2D eigenvalue weighted by molar-refractivity contribution is 1.01. The van der Waals surface area contributed by atoms with Gasteiger partial charge in [-0.05, 0) is 18.2 Å². The van der Waals surface area contributed by atoms with E-state index < -0.39 is 0 Å². The third kappa shape index (κ3) is 2.58. The molecule has 0 aliphatic heterocycles. The molecule has 0 saturated heterocycles. The Kier molecular flexibility index (Phi) is 3.65. The summed E-state index contributed by atoms with van der Waals surface area (Å²) < 4.78 is 0. The van der Waals surface area contributed by atoms with Gasteiger partial charge in [0.15, 0.2) is 5.82 Å².